The highest BCUT2D eigenvalue weighted by atomic mass is 14.7. The maximum atomic E-state index is 3.50. The smallest absolute Gasteiger partial charge is 0.0551 e. The molecule has 5 aromatic rings. The van der Waals surface area contributed by atoms with Gasteiger partial charge in [-0.05, 0) is 27.6 Å². The second-order valence-corrected chi connectivity index (χ2v) is 5.86. The van der Waals surface area contributed by atoms with E-state index in [2.05, 4.69) is 77.8 Å². The first kappa shape index (κ1) is 12.5. The summed E-state index contributed by atoms with van der Waals surface area (Å²) in [5.41, 5.74) is 3.37. The zero-order valence-corrected chi connectivity index (χ0v) is 12.5. The highest BCUT2D eigenvalue weighted by Crippen LogP contribution is 2.33. The predicted octanol–water partition coefficient (Wildman–Crippen LogP) is 5.94. The number of aromatic nitrogens is 1. The first-order valence-corrected chi connectivity index (χ1v) is 7.81. The largest absolute Gasteiger partial charge is 0.354 e. The maximum Gasteiger partial charge on any atom is 0.0551 e. The summed E-state index contributed by atoms with van der Waals surface area (Å²) in [7, 11) is 0. The van der Waals surface area contributed by atoms with Gasteiger partial charge in [0.15, 0.2) is 0 Å². The van der Waals surface area contributed by atoms with E-state index in [4.69, 9.17) is 0 Å². The van der Waals surface area contributed by atoms with Gasteiger partial charge in [0.05, 0.1) is 5.69 Å². The van der Waals surface area contributed by atoms with Crippen LogP contribution in [0, 0.1) is 6.07 Å². The minimum Gasteiger partial charge on any atom is -0.354 e. The number of rotatable bonds is 1. The zero-order valence-electron chi connectivity index (χ0n) is 12.5. The van der Waals surface area contributed by atoms with Crippen molar-refractivity contribution in [2.24, 2.45) is 0 Å². The van der Waals surface area contributed by atoms with E-state index in [-0.39, 0.29) is 0 Å². The minimum absolute atomic E-state index is 1.05. The fourth-order valence-electron chi connectivity index (χ4n) is 3.39. The van der Waals surface area contributed by atoms with Crippen LogP contribution in [0.25, 0.3) is 43.7 Å². The van der Waals surface area contributed by atoms with E-state index in [9.17, 15) is 0 Å². The third-order valence-corrected chi connectivity index (χ3v) is 4.50. The molecule has 1 radical (unpaired) electrons. The molecule has 1 heterocycles. The van der Waals surface area contributed by atoms with Crippen molar-refractivity contribution in [3.8, 4) is 11.3 Å². The molecule has 0 saturated carbocycles. The second-order valence-electron chi connectivity index (χ2n) is 5.86. The Morgan fingerprint density at radius 1 is 0.609 bits per heavy atom. The number of H-pyrrole nitrogens is 1. The molecule has 1 nitrogen and oxygen atoms in total. The van der Waals surface area contributed by atoms with Crippen LogP contribution in [0.4, 0.5) is 0 Å². The van der Waals surface area contributed by atoms with Crippen LogP contribution < -0.4 is 0 Å². The molecule has 4 aromatic carbocycles. The molecule has 23 heavy (non-hydrogen) atoms. The van der Waals surface area contributed by atoms with Crippen LogP contribution >= 0.6 is 0 Å². The lowest BCUT2D eigenvalue weighted by Crippen LogP contribution is -1.83. The molecule has 0 spiro atoms. The molecule has 1 N–H and O–H groups in total. The van der Waals surface area contributed by atoms with Gasteiger partial charge in [0, 0.05) is 22.5 Å². The molecular formula is C22H14N. The Morgan fingerprint density at radius 2 is 1.43 bits per heavy atom. The lowest BCUT2D eigenvalue weighted by atomic mass is 9.97. The van der Waals surface area contributed by atoms with Crippen molar-refractivity contribution in [2.45, 2.75) is 0 Å². The predicted molar refractivity (Wildman–Crippen MR) is 97.6 cm³/mol. The Balaban J connectivity index is 1.86. The van der Waals surface area contributed by atoms with Crippen LogP contribution in [-0.4, -0.2) is 4.98 Å². The Bertz CT molecular complexity index is 1130. The van der Waals surface area contributed by atoms with Gasteiger partial charge in [-0.15, -0.1) is 0 Å². The summed E-state index contributed by atoms with van der Waals surface area (Å²) in [6, 6.07) is 31.2. The van der Waals surface area contributed by atoms with E-state index in [0.717, 1.165) is 16.6 Å². The van der Waals surface area contributed by atoms with Crippen molar-refractivity contribution in [3.05, 3.63) is 84.9 Å². The molecule has 0 aliphatic carbocycles. The molecule has 1 heteroatoms. The minimum atomic E-state index is 1.05. The highest BCUT2D eigenvalue weighted by Gasteiger charge is 2.09. The van der Waals surface area contributed by atoms with Crippen molar-refractivity contribution in [1.29, 1.82) is 0 Å². The number of para-hydroxylation sites is 1. The molecule has 5 rings (SSSR count). The highest BCUT2D eigenvalue weighted by molar-refractivity contribution is 6.12. The lowest BCUT2D eigenvalue weighted by molar-refractivity contribution is 1.46. The summed E-state index contributed by atoms with van der Waals surface area (Å²) >= 11 is 0. The number of benzene rings is 4. The Morgan fingerprint density at radius 3 is 2.39 bits per heavy atom. The van der Waals surface area contributed by atoms with Crippen molar-refractivity contribution in [1.82, 2.24) is 4.98 Å². The molecule has 0 aliphatic rings. The maximum absolute atomic E-state index is 3.50. The van der Waals surface area contributed by atoms with Crippen molar-refractivity contribution < 1.29 is 0 Å². The summed E-state index contributed by atoms with van der Waals surface area (Å²) in [4.78, 5) is 3.50. The van der Waals surface area contributed by atoms with Crippen LogP contribution in [0.15, 0.2) is 78.9 Å². The lowest BCUT2D eigenvalue weighted by Gasteiger charge is -2.08. The van der Waals surface area contributed by atoms with E-state index >= 15 is 0 Å². The summed E-state index contributed by atoms with van der Waals surface area (Å²) in [6.45, 7) is 0. The van der Waals surface area contributed by atoms with Gasteiger partial charge in [-0.2, -0.15) is 0 Å². The summed E-state index contributed by atoms with van der Waals surface area (Å²) < 4.78 is 0. The number of nitrogens with one attached hydrogen (secondary N) is 1. The summed E-state index contributed by atoms with van der Waals surface area (Å²) in [5, 5.41) is 6.24. The fraction of sp³-hybridized carbons (Fsp3) is 0. The SMILES string of the molecule is [c]1c(-c2cccc3c2ccc2ccccc23)[nH]c2ccccc12. The van der Waals surface area contributed by atoms with E-state index in [1.807, 2.05) is 12.1 Å². The molecular weight excluding hydrogens is 278 g/mol. The quantitative estimate of drug-likeness (QED) is 0.368. The molecule has 0 saturated heterocycles. The normalized spacial score (nSPS) is 11.5. The third-order valence-electron chi connectivity index (χ3n) is 4.50. The van der Waals surface area contributed by atoms with Gasteiger partial charge < -0.3 is 4.98 Å². The molecule has 0 atom stereocenters. The van der Waals surface area contributed by atoms with Gasteiger partial charge >= 0.3 is 0 Å². The number of hydrogen-bond acceptors (Lipinski definition) is 0. The van der Waals surface area contributed by atoms with Crippen LogP contribution in [0.5, 0.6) is 0 Å². The summed E-state index contributed by atoms with van der Waals surface area (Å²) in [6.07, 6.45) is 0. The van der Waals surface area contributed by atoms with Gasteiger partial charge in [0.2, 0.25) is 0 Å². The van der Waals surface area contributed by atoms with E-state index in [0.29, 0.717) is 0 Å². The van der Waals surface area contributed by atoms with E-state index < -0.39 is 0 Å². The van der Waals surface area contributed by atoms with Crippen LogP contribution in [-0.2, 0) is 0 Å². The van der Waals surface area contributed by atoms with Gasteiger partial charge in [-0.3, -0.25) is 0 Å². The molecule has 0 unspecified atom stereocenters. The standard InChI is InChI=1S/C22H14N/c1-3-8-17-15(6-1)12-13-19-18(17)9-5-10-20(19)22-14-16-7-2-4-11-21(16)23-22/h1-13,23H. The monoisotopic (exact) mass is 292 g/mol. The number of aromatic amines is 1. The van der Waals surface area contributed by atoms with Gasteiger partial charge in [-0.1, -0.05) is 72.8 Å². The Kier molecular flexibility index (Phi) is 2.56. The molecule has 0 fully saturated rings. The molecule has 0 amide bonds. The average Bonchev–Trinajstić information content (AvgIpc) is 3.05. The Hall–Kier alpha value is -3.06. The molecule has 0 aliphatic heterocycles. The fourth-order valence-corrected chi connectivity index (χ4v) is 3.39. The van der Waals surface area contributed by atoms with Crippen LogP contribution in [0.1, 0.15) is 0 Å². The van der Waals surface area contributed by atoms with Crippen molar-refractivity contribution in [3.63, 3.8) is 0 Å². The van der Waals surface area contributed by atoms with Crippen LogP contribution in [0.3, 0.4) is 0 Å². The first-order valence-electron chi connectivity index (χ1n) is 7.81. The van der Waals surface area contributed by atoms with E-state index in [1.165, 1.54) is 27.1 Å². The number of hydrogen-bond donors (Lipinski definition) is 1. The second kappa shape index (κ2) is 4.72. The van der Waals surface area contributed by atoms with Gasteiger partial charge in [-0.25, -0.2) is 0 Å². The topological polar surface area (TPSA) is 15.8 Å². The number of fused-ring (bicyclic) bond motifs is 4. The third kappa shape index (κ3) is 1.87. The average molecular weight is 292 g/mol. The molecule has 107 valence electrons. The molecule has 1 aromatic heterocycles. The van der Waals surface area contributed by atoms with Crippen molar-refractivity contribution in [2.75, 3.05) is 0 Å². The zero-order chi connectivity index (χ0) is 15.2. The first-order chi connectivity index (χ1) is 11.4. The van der Waals surface area contributed by atoms with Crippen molar-refractivity contribution >= 4 is 32.4 Å². The van der Waals surface area contributed by atoms with E-state index in [1.54, 1.807) is 0 Å². The summed E-state index contributed by atoms with van der Waals surface area (Å²) in [5.74, 6) is 0. The van der Waals surface area contributed by atoms with Crippen LogP contribution in [0.2, 0.25) is 0 Å². The molecule has 0 bridgehead atoms. The Labute approximate surface area is 134 Å². The van der Waals surface area contributed by atoms with Gasteiger partial charge in [0.1, 0.15) is 0 Å². The van der Waals surface area contributed by atoms with Gasteiger partial charge in [0.25, 0.3) is 0 Å².